The van der Waals surface area contributed by atoms with Crippen LogP contribution in [0.25, 0.3) is 0 Å². The van der Waals surface area contributed by atoms with E-state index in [1.54, 1.807) is 0 Å². The third-order valence-electron chi connectivity index (χ3n) is 3.26. The van der Waals surface area contributed by atoms with Crippen molar-refractivity contribution in [2.24, 2.45) is 0 Å². The van der Waals surface area contributed by atoms with Gasteiger partial charge in [-0.15, -0.1) is 0 Å². The summed E-state index contributed by atoms with van der Waals surface area (Å²) in [6, 6.07) is 5.87. The molecule has 0 spiro atoms. The van der Waals surface area contributed by atoms with Crippen molar-refractivity contribution in [2.45, 2.75) is 33.0 Å². The van der Waals surface area contributed by atoms with Crippen LogP contribution in [0, 0.1) is 0 Å². The molecule has 0 saturated carbocycles. The maximum atomic E-state index is 11.8. The highest BCUT2D eigenvalue weighted by molar-refractivity contribution is 5.81. The topological polar surface area (TPSA) is 58.4 Å². The fourth-order valence-electron chi connectivity index (χ4n) is 2.20. The molecular formula is C13H19N3O. The first kappa shape index (κ1) is 11.9. The predicted molar refractivity (Wildman–Crippen MR) is 68.2 cm³/mol. The summed E-state index contributed by atoms with van der Waals surface area (Å²) in [7, 11) is 0. The first-order valence-electron chi connectivity index (χ1n) is 6.01. The number of hydrogen-bond acceptors (Lipinski definition) is 3. The zero-order chi connectivity index (χ0) is 12.4. The van der Waals surface area contributed by atoms with Gasteiger partial charge in [0.25, 0.3) is 0 Å². The average molecular weight is 233 g/mol. The Morgan fingerprint density at radius 2 is 2.18 bits per heavy atom. The number of nitrogens with zero attached hydrogens (tertiary/aromatic N) is 1. The number of anilines is 1. The molecule has 0 radical (unpaired) electrons. The molecule has 1 aliphatic heterocycles. The molecule has 0 bridgehead atoms. The number of nitrogens with two attached hydrogens (primary N) is 1. The third-order valence-corrected chi connectivity index (χ3v) is 3.26. The van der Waals surface area contributed by atoms with Gasteiger partial charge in [-0.05, 0) is 37.1 Å². The van der Waals surface area contributed by atoms with E-state index in [4.69, 9.17) is 5.73 Å². The van der Waals surface area contributed by atoms with Crippen molar-refractivity contribution < 1.29 is 4.79 Å². The Balaban J connectivity index is 2.07. The van der Waals surface area contributed by atoms with Gasteiger partial charge in [0.15, 0.2) is 0 Å². The van der Waals surface area contributed by atoms with E-state index in [-0.39, 0.29) is 11.9 Å². The number of amides is 1. The van der Waals surface area contributed by atoms with Crippen molar-refractivity contribution in [3.8, 4) is 0 Å². The Kier molecular flexibility index (Phi) is 3.33. The molecule has 0 aromatic heterocycles. The molecule has 3 N–H and O–H groups in total. The largest absolute Gasteiger partial charge is 0.399 e. The molecule has 1 amide bonds. The summed E-state index contributed by atoms with van der Waals surface area (Å²) in [5.74, 6) is 0.0910. The zero-order valence-electron chi connectivity index (χ0n) is 10.4. The van der Waals surface area contributed by atoms with E-state index in [1.165, 1.54) is 11.1 Å². The Morgan fingerprint density at radius 3 is 2.88 bits per heavy atom. The Labute approximate surface area is 102 Å². The Hall–Kier alpha value is -1.55. The number of likely N-dealkylation sites (N-methyl/N-ethyl adjacent to an activating group) is 1. The van der Waals surface area contributed by atoms with Gasteiger partial charge in [0.1, 0.15) is 0 Å². The number of hydrogen-bond donors (Lipinski definition) is 2. The van der Waals surface area contributed by atoms with E-state index in [9.17, 15) is 4.79 Å². The minimum atomic E-state index is -0.0939. The number of benzene rings is 1. The lowest BCUT2D eigenvalue weighted by Crippen LogP contribution is -2.42. The number of carbonyl (C=O) groups excluding carboxylic acids is 1. The van der Waals surface area contributed by atoms with E-state index < -0.39 is 0 Å². The van der Waals surface area contributed by atoms with Gasteiger partial charge in [0.05, 0.1) is 6.04 Å². The summed E-state index contributed by atoms with van der Waals surface area (Å²) in [5.41, 5.74) is 9.06. The molecule has 2 rings (SSSR count). The van der Waals surface area contributed by atoms with Crippen LogP contribution >= 0.6 is 0 Å². The first-order valence-corrected chi connectivity index (χ1v) is 6.01. The van der Waals surface area contributed by atoms with E-state index in [0.717, 1.165) is 18.8 Å². The summed E-state index contributed by atoms with van der Waals surface area (Å²) in [4.78, 5) is 13.9. The van der Waals surface area contributed by atoms with Gasteiger partial charge < -0.3 is 11.1 Å². The quantitative estimate of drug-likeness (QED) is 0.769. The predicted octanol–water partition coefficient (Wildman–Crippen LogP) is 1.11. The first-order chi connectivity index (χ1) is 8.11. The minimum absolute atomic E-state index is 0.0910. The number of rotatable bonds is 3. The number of nitrogens with one attached hydrogen (secondary N) is 1. The van der Waals surface area contributed by atoms with Crippen LogP contribution < -0.4 is 11.1 Å². The van der Waals surface area contributed by atoms with Crippen LogP contribution in [0.1, 0.15) is 25.0 Å². The molecule has 0 aliphatic carbocycles. The highest BCUT2D eigenvalue weighted by Gasteiger charge is 2.26. The monoisotopic (exact) mass is 233 g/mol. The smallest absolute Gasteiger partial charge is 0.237 e. The van der Waals surface area contributed by atoms with Crippen molar-refractivity contribution >= 4 is 11.6 Å². The second-order valence-electron chi connectivity index (χ2n) is 4.50. The van der Waals surface area contributed by atoms with Gasteiger partial charge in [0, 0.05) is 25.3 Å². The highest BCUT2D eigenvalue weighted by atomic mass is 16.2. The SMILES string of the molecule is CCNC(=O)C(C)N1Cc2ccc(N)cc2C1. The van der Waals surface area contributed by atoms with Crippen LogP contribution in [-0.4, -0.2) is 23.4 Å². The van der Waals surface area contributed by atoms with Crippen LogP contribution in [0.2, 0.25) is 0 Å². The maximum Gasteiger partial charge on any atom is 0.237 e. The van der Waals surface area contributed by atoms with Crippen LogP contribution in [-0.2, 0) is 17.9 Å². The van der Waals surface area contributed by atoms with Gasteiger partial charge in [0.2, 0.25) is 5.91 Å². The number of fused-ring (bicyclic) bond motifs is 1. The molecule has 1 heterocycles. The van der Waals surface area contributed by atoms with Gasteiger partial charge in [-0.25, -0.2) is 0 Å². The standard InChI is InChI=1S/C13H19N3O/c1-3-15-13(17)9(2)16-7-10-4-5-12(14)6-11(10)8-16/h4-6,9H,3,7-8,14H2,1-2H3,(H,15,17). The van der Waals surface area contributed by atoms with Crippen molar-refractivity contribution in [3.63, 3.8) is 0 Å². The lowest BCUT2D eigenvalue weighted by atomic mass is 10.1. The van der Waals surface area contributed by atoms with Gasteiger partial charge in [-0.2, -0.15) is 0 Å². The molecule has 4 nitrogen and oxygen atoms in total. The summed E-state index contributed by atoms with van der Waals surface area (Å²) in [6.45, 7) is 6.19. The molecule has 1 aromatic carbocycles. The molecular weight excluding hydrogens is 214 g/mol. The van der Waals surface area contributed by atoms with Crippen molar-refractivity contribution in [3.05, 3.63) is 29.3 Å². The molecule has 17 heavy (non-hydrogen) atoms. The lowest BCUT2D eigenvalue weighted by molar-refractivity contribution is -0.126. The van der Waals surface area contributed by atoms with Crippen LogP contribution in [0.5, 0.6) is 0 Å². The van der Waals surface area contributed by atoms with Crippen molar-refractivity contribution in [1.29, 1.82) is 0 Å². The molecule has 92 valence electrons. The van der Waals surface area contributed by atoms with Crippen LogP contribution in [0.15, 0.2) is 18.2 Å². The zero-order valence-corrected chi connectivity index (χ0v) is 10.4. The minimum Gasteiger partial charge on any atom is -0.399 e. The van der Waals surface area contributed by atoms with E-state index in [1.807, 2.05) is 26.0 Å². The van der Waals surface area contributed by atoms with Gasteiger partial charge in [-0.3, -0.25) is 9.69 Å². The third kappa shape index (κ3) is 2.42. The normalized spacial score (nSPS) is 16.6. The molecule has 4 heteroatoms. The van der Waals surface area contributed by atoms with E-state index in [2.05, 4.69) is 16.3 Å². The van der Waals surface area contributed by atoms with E-state index in [0.29, 0.717) is 6.54 Å². The van der Waals surface area contributed by atoms with Crippen molar-refractivity contribution in [2.75, 3.05) is 12.3 Å². The van der Waals surface area contributed by atoms with Gasteiger partial charge in [-0.1, -0.05) is 6.07 Å². The summed E-state index contributed by atoms with van der Waals surface area (Å²) < 4.78 is 0. The molecule has 1 aromatic rings. The molecule has 0 fully saturated rings. The summed E-state index contributed by atoms with van der Waals surface area (Å²) >= 11 is 0. The Morgan fingerprint density at radius 1 is 1.47 bits per heavy atom. The van der Waals surface area contributed by atoms with Crippen molar-refractivity contribution in [1.82, 2.24) is 10.2 Å². The average Bonchev–Trinajstić information content (AvgIpc) is 2.71. The lowest BCUT2D eigenvalue weighted by Gasteiger charge is -2.22. The van der Waals surface area contributed by atoms with Gasteiger partial charge >= 0.3 is 0 Å². The molecule has 0 saturated heterocycles. The van der Waals surface area contributed by atoms with Crippen LogP contribution in [0.4, 0.5) is 5.69 Å². The molecule has 1 unspecified atom stereocenters. The Bertz CT molecular complexity index is 431. The number of nitrogen functional groups attached to an aromatic ring is 1. The van der Waals surface area contributed by atoms with E-state index >= 15 is 0 Å². The fraction of sp³-hybridized carbons (Fsp3) is 0.462. The second-order valence-corrected chi connectivity index (χ2v) is 4.50. The number of carbonyl (C=O) groups is 1. The highest BCUT2D eigenvalue weighted by Crippen LogP contribution is 2.26. The summed E-state index contributed by atoms with van der Waals surface area (Å²) in [5, 5.41) is 2.86. The second kappa shape index (κ2) is 4.75. The summed E-state index contributed by atoms with van der Waals surface area (Å²) in [6.07, 6.45) is 0. The fourth-order valence-corrected chi connectivity index (χ4v) is 2.20. The molecule has 1 atom stereocenters. The molecule has 1 aliphatic rings. The maximum absolute atomic E-state index is 11.8. The van der Waals surface area contributed by atoms with Crippen LogP contribution in [0.3, 0.4) is 0 Å².